The second kappa shape index (κ2) is 4.70. The number of aryl methyl sites for hydroxylation is 1. The fourth-order valence-corrected chi connectivity index (χ4v) is 2.05. The molecule has 0 aromatic carbocycles. The van der Waals surface area contributed by atoms with E-state index in [2.05, 4.69) is 24.1 Å². The summed E-state index contributed by atoms with van der Waals surface area (Å²) in [5.74, 6) is 0. The molecule has 16 heavy (non-hydrogen) atoms. The second-order valence-corrected chi connectivity index (χ2v) is 5.08. The molecule has 1 atom stereocenters. The van der Waals surface area contributed by atoms with E-state index in [1.165, 1.54) is 5.56 Å². The van der Waals surface area contributed by atoms with E-state index >= 15 is 0 Å². The van der Waals surface area contributed by atoms with Crippen LogP contribution in [0.2, 0.25) is 5.15 Å². The van der Waals surface area contributed by atoms with Gasteiger partial charge in [-0.1, -0.05) is 17.7 Å². The zero-order valence-corrected chi connectivity index (χ0v) is 10.4. The third-order valence-electron chi connectivity index (χ3n) is 2.77. The van der Waals surface area contributed by atoms with Gasteiger partial charge in [0, 0.05) is 12.2 Å². The fraction of sp³-hybridized carbons (Fsp3) is 0.583. The van der Waals surface area contributed by atoms with Crippen LogP contribution < -0.4 is 5.32 Å². The SMILES string of the molecule is CC1(C)N[C@@H](CCc2ccc(Cl)nc2)CO1. The zero-order chi connectivity index (χ0) is 11.6. The lowest BCUT2D eigenvalue weighted by Crippen LogP contribution is -2.38. The van der Waals surface area contributed by atoms with E-state index in [1.807, 2.05) is 18.3 Å². The third kappa shape index (κ3) is 3.17. The Balaban J connectivity index is 1.82. The molecule has 1 aromatic rings. The van der Waals surface area contributed by atoms with E-state index in [4.69, 9.17) is 16.3 Å². The van der Waals surface area contributed by atoms with E-state index in [1.54, 1.807) is 0 Å². The summed E-state index contributed by atoms with van der Waals surface area (Å²) in [6.45, 7) is 4.89. The summed E-state index contributed by atoms with van der Waals surface area (Å²) in [4.78, 5) is 4.07. The number of hydrogen-bond donors (Lipinski definition) is 1. The maximum Gasteiger partial charge on any atom is 0.129 e. The largest absolute Gasteiger partial charge is 0.360 e. The first-order valence-electron chi connectivity index (χ1n) is 5.57. The summed E-state index contributed by atoms with van der Waals surface area (Å²) in [7, 11) is 0. The topological polar surface area (TPSA) is 34.2 Å². The Morgan fingerprint density at radius 1 is 1.56 bits per heavy atom. The van der Waals surface area contributed by atoms with Crippen molar-refractivity contribution in [3.63, 3.8) is 0 Å². The van der Waals surface area contributed by atoms with Crippen molar-refractivity contribution in [2.75, 3.05) is 6.61 Å². The van der Waals surface area contributed by atoms with Crippen LogP contribution in [-0.4, -0.2) is 23.4 Å². The van der Waals surface area contributed by atoms with Crippen molar-refractivity contribution in [1.82, 2.24) is 10.3 Å². The van der Waals surface area contributed by atoms with Crippen LogP contribution in [0, 0.1) is 0 Å². The number of rotatable bonds is 3. The number of halogens is 1. The standard InChI is InChI=1S/C12H17ClN2O/c1-12(2)15-10(8-16-12)5-3-9-4-6-11(13)14-7-9/h4,6-7,10,15H,3,5,8H2,1-2H3/t10-/m0/s1. The number of nitrogens with zero attached hydrogens (tertiary/aromatic N) is 1. The first kappa shape index (κ1) is 11.8. The van der Waals surface area contributed by atoms with Gasteiger partial charge in [-0.25, -0.2) is 4.98 Å². The molecule has 1 N–H and O–H groups in total. The summed E-state index contributed by atoms with van der Waals surface area (Å²) in [6.07, 6.45) is 3.90. The molecule has 0 spiro atoms. The van der Waals surface area contributed by atoms with Crippen molar-refractivity contribution in [1.29, 1.82) is 0 Å². The number of hydrogen-bond acceptors (Lipinski definition) is 3. The molecule has 1 aliphatic heterocycles. The Kier molecular flexibility index (Phi) is 3.47. The van der Waals surface area contributed by atoms with Crippen LogP contribution in [0.25, 0.3) is 0 Å². The molecule has 4 heteroatoms. The highest BCUT2D eigenvalue weighted by molar-refractivity contribution is 6.29. The van der Waals surface area contributed by atoms with Crippen LogP contribution in [0.5, 0.6) is 0 Å². The van der Waals surface area contributed by atoms with E-state index < -0.39 is 0 Å². The summed E-state index contributed by atoms with van der Waals surface area (Å²) in [6, 6.07) is 4.29. The Bertz CT molecular complexity index is 351. The molecule has 0 radical (unpaired) electrons. The summed E-state index contributed by atoms with van der Waals surface area (Å²) in [5.41, 5.74) is 1.04. The molecule has 0 amide bonds. The van der Waals surface area contributed by atoms with Crippen LogP contribution in [0.4, 0.5) is 0 Å². The van der Waals surface area contributed by atoms with Gasteiger partial charge in [-0.05, 0) is 38.3 Å². The fourth-order valence-electron chi connectivity index (χ4n) is 1.93. The van der Waals surface area contributed by atoms with Gasteiger partial charge in [-0.2, -0.15) is 0 Å². The smallest absolute Gasteiger partial charge is 0.129 e. The predicted molar refractivity (Wildman–Crippen MR) is 64.5 cm³/mol. The average Bonchev–Trinajstić information content (AvgIpc) is 2.58. The van der Waals surface area contributed by atoms with Gasteiger partial charge in [0.05, 0.1) is 6.61 Å². The summed E-state index contributed by atoms with van der Waals surface area (Å²) >= 11 is 5.73. The number of aromatic nitrogens is 1. The van der Waals surface area contributed by atoms with Crippen LogP contribution in [0.3, 0.4) is 0 Å². The van der Waals surface area contributed by atoms with Crippen LogP contribution in [-0.2, 0) is 11.2 Å². The average molecular weight is 241 g/mol. The Morgan fingerprint density at radius 2 is 2.38 bits per heavy atom. The number of pyridine rings is 1. The predicted octanol–water partition coefficient (Wildman–Crippen LogP) is 2.39. The minimum atomic E-state index is -0.178. The molecular formula is C12H17ClN2O. The highest BCUT2D eigenvalue weighted by Gasteiger charge is 2.30. The van der Waals surface area contributed by atoms with Gasteiger partial charge in [0.25, 0.3) is 0 Å². The summed E-state index contributed by atoms with van der Waals surface area (Å²) < 4.78 is 5.61. The van der Waals surface area contributed by atoms with Gasteiger partial charge in [-0.15, -0.1) is 0 Å². The Labute approximate surface area is 101 Å². The van der Waals surface area contributed by atoms with Crippen molar-refractivity contribution >= 4 is 11.6 Å². The van der Waals surface area contributed by atoms with E-state index in [0.717, 1.165) is 19.4 Å². The minimum absolute atomic E-state index is 0.178. The van der Waals surface area contributed by atoms with Crippen molar-refractivity contribution in [3.05, 3.63) is 29.0 Å². The molecule has 2 heterocycles. The molecule has 2 rings (SSSR count). The van der Waals surface area contributed by atoms with Crippen molar-refractivity contribution in [3.8, 4) is 0 Å². The van der Waals surface area contributed by atoms with Crippen molar-refractivity contribution in [2.24, 2.45) is 0 Å². The zero-order valence-electron chi connectivity index (χ0n) is 9.66. The molecule has 1 aliphatic rings. The normalized spacial score (nSPS) is 23.6. The third-order valence-corrected chi connectivity index (χ3v) is 2.99. The highest BCUT2D eigenvalue weighted by atomic mass is 35.5. The maximum atomic E-state index is 5.73. The molecule has 1 saturated heterocycles. The highest BCUT2D eigenvalue weighted by Crippen LogP contribution is 2.17. The number of nitrogens with one attached hydrogen (secondary N) is 1. The molecule has 0 bridgehead atoms. The van der Waals surface area contributed by atoms with Gasteiger partial charge in [0.1, 0.15) is 10.9 Å². The van der Waals surface area contributed by atoms with Gasteiger partial charge in [-0.3, -0.25) is 5.32 Å². The molecule has 1 aromatic heterocycles. The lowest BCUT2D eigenvalue weighted by atomic mass is 10.1. The quantitative estimate of drug-likeness (QED) is 0.824. The molecule has 0 saturated carbocycles. The Morgan fingerprint density at radius 3 is 2.94 bits per heavy atom. The first-order chi connectivity index (χ1) is 7.55. The monoisotopic (exact) mass is 240 g/mol. The molecular weight excluding hydrogens is 224 g/mol. The van der Waals surface area contributed by atoms with Crippen LogP contribution in [0.15, 0.2) is 18.3 Å². The minimum Gasteiger partial charge on any atom is -0.360 e. The van der Waals surface area contributed by atoms with Gasteiger partial charge in [0.2, 0.25) is 0 Å². The van der Waals surface area contributed by atoms with Crippen molar-refractivity contribution in [2.45, 2.75) is 38.5 Å². The van der Waals surface area contributed by atoms with E-state index in [9.17, 15) is 0 Å². The van der Waals surface area contributed by atoms with E-state index in [0.29, 0.717) is 11.2 Å². The summed E-state index contributed by atoms with van der Waals surface area (Å²) in [5, 5.41) is 3.99. The van der Waals surface area contributed by atoms with Crippen LogP contribution in [0.1, 0.15) is 25.8 Å². The molecule has 3 nitrogen and oxygen atoms in total. The van der Waals surface area contributed by atoms with E-state index in [-0.39, 0.29) is 5.72 Å². The molecule has 88 valence electrons. The second-order valence-electron chi connectivity index (χ2n) is 4.69. The van der Waals surface area contributed by atoms with Gasteiger partial charge >= 0.3 is 0 Å². The molecule has 0 unspecified atom stereocenters. The van der Waals surface area contributed by atoms with Gasteiger partial charge < -0.3 is 4.74 Å². The molecule has 0 aliphatic carbocycles. The first-order valence-corrected chi connectivity index (χ1v) is 5.95. The lowest BCUT2D eigenvalue weighted by molar-refractivity contribution is 0.0231. The molecule has 1 fully saturated rings. The lowest BCUT2D eigenvalue weighted by Gasteiger charge is -2.18. The number of ether oxygens (including phenoxy) is 1. The van der Waals surface area contributed by atoms with Gasteiger partial charge in [0.15, 0.2) is 0 Å². The van der Waals surface area contributed by atoms with Crippen molar-refractivity contribution < 1.29 is 4.74 Å². The maximum absolute atomic E-state index is 5.73. The van der Waals surface area contributed by atoms with Crippen LogP contribution >= 0.6 is 11.6 Å². The Hall–Kier alpha value is -0.640.